The van der Waals surface area contributed by atoms with E-state index in [9.17, 15) is 4.39 Å². The minimum Gasteiger partial charge on any atom is -0.204 e. The number of nitriles is 2. The molecule has 0 unspecified atom stereocenters. The number of halogens is 1. The molecule has 0 N–H and O–H groups in total. The van der Waals surface area contributed by atoms with Gasteiger partial charge in [-0.1, -0.05) is 27.7 Å². The summed E-state index contributed by atoms with van der Waals surface area (Å²) in [6, 6.07) is 6.45. The molecule has 0 saturated heterocycles. The lowest BCUT2D eigenvalue weighted by molar-refractivity contribution is 0.618. The third-order valence-electron chi connectivity index (χ3n) is 2.00. The van der Waals surface area contributed by atoms with Crippen LogP contribution in [-0.2, 0) is 0 Å². The van der Waals surface area contributed by atoms with Gasteiger partial charge in [0.25, 0.3) is 0 Å². The van der Waals surface area contributed by atoms with Crippen molar-refractivity contribution in [2.24, 2.45) is 0 Å². The third kappa shape index (κ3) is 3.07. The van der Waals surface area contributed by atoms with E-state index in [-0.39, 0.29) is 17.0 Å². The van der Waals surface area contributed by atoms with Crippen LogP contribution in [0, 0.1) is 28.5 Å². The summed E-state index contributed by atoms with van der Waals surface area (Å²) >= 11 is 0. The highest BCUT2D eigenvalue weighted by Crippen LogP contribution is 2.20. The Hall–Kier alpha value is -1.87. The monoisotopic (exact) mass is 218 g/mol. The summed E-state index contributed by atoms with van der Waals surface area (Å²) in [5.74, 6) is -0.547. The molecule has 1 rings (SSSR count). The van der Waals surface area contributed by atoms with Gasteiger partial charge in [-0.25, -0.2) is 4.39 Å². The Morgan fingerprint density at radius 3 is 1.69 bits per heavy atom. The minimum absolute atomic E-state index is 0.0623. The van der Waals surface area contributed by atoms with Crippen LogP contribution in [0.1, 0.15) is 50.3 Å². The van der Waals surface area contributed by atoms with Crippen molar-refractivity contribution in [3.63, 3.8) is 0 Å². The Bertz CT molecular complexity index is 401. The summed E-state index contributed by atoms with van der Waals surface area (Å²) in [7, 11) is 0. The molecule has 0 aliphatic carbocycles. The predicted molar refractivity (Wildman–Crippen MR) is 61.3 cm³/mol. The van der Waals surface area contributed by atoms with E-state index >= 15 is 0 Å². The van der Waals surface area contributed by atoms with Crippen molar-refractivity contribution in [2.75, 3.05) is 0 Å². The summed E-state index contributed by atoms with van der Waals surface area (Å²) in [6.45, 7) is 7.85. The second-order valence-electron chi connectivity index (χ2n) is 3.31. The fourth-order valence-corrected chi connectivity index (χ4v) is 1.14. The van der Waals surface area contributed by atoms with Crippen LogP contribution in [0.5, 0.6) is 0 Å². The van der Waals surface area contributed by atoms with Crippen LogP contribution < -0.4 is 0 Å². The molecule has 0 bridgehead atoms. The standard InChI is InChI=1S/C11H9FN2.C2H6/c1-7(2)8-3-9(5-13)11(12)10(4-8)6-14;1-2/h3-4,7H,1-2H3;1-2H3. The Morgan fingerprint density at radius 2 is 1.44 bits per heavy atom. The van der Waals surface area contributed by atoms with Crippen molar-refractivity contribution in [3.8, 4) is 12.1 Å². The van der Waals surface area contributed by atoms with E-state index in [1.54, 1.807) is 12.1 Å². The molecular formula is C13H15FN2. The largest absolute Gasteiger partial charge is 0.204 e. The molecule has 0 atom stereocenters. The van der Waals surface area contributed by atoms with Crippen molar-refractivity contribution in [1.82, 2.24) is 0 Å². The first kappa shape index (κ1) is 14.1. The average molecular weight is 218 g/mol. The Morgan fingerprint density at radius 1 is 1.06 bits per heavy atom. The molecule has 0 radical (unpaired) electrons. The molecule has 0 fully saturated rings. The second-order valence-corrected chi connectivity index (χ2v) is 3.31. The number of benzene rings is 1. The molecule has 16 heavy (non-hydrogen) atoms. The number of hydrogen-bond acceptors (Lipinski definition) is 2. The zero-order valence-corrected chi connectivity index (χ0v) is 10.0. The Kier molecular flexibility index (Phi) is 5.81. The van der Waals surface area contributed by atoms with Gasteiger partial charge in [-0.2, -0.15) is 10.5 Å². The minimum atomic E-state index is -0.723. The molecule has 0 aliphatic heterocycles. The SMILES string of the molecule is CC.CC(C)c1cc(C#N)c(F)c(C#N)c1. The van der Waals surface area contributed by atoms with Crippen LogP contribution in [-0.4, -0.2) is 0 Å². The summed E-state index contributed by atoms with van der Waals surface area (Å²) < 4.78 is 13.3. The first-order valence-corrected chi connectivity index (χ1v) is 5.23. The summed E-state index contributed by atoms with van der Waals surface area (Å²) in [5, 5.41) is 17.3. The first-order valence-electron chi connectivity index (χ1n) is 5.23. The molecular weight excluding hydrogens is 203 g/mol. The number of rotatable bonds is 1. The van der Waals surface area contributed by atoms with Gasteiger partial charge in [0.05, 0.1) is 11.1 Å². The molecule has 2 nitrogen and oxygen atoms in total. The van der Waals surface area contributed by atoms with Gasteiger partial charge < -0.3 is 0 Å². The van der Waals surface area contributed by atoms with E-state index in [1.807, 2.05) is 27.7 Å². The van der Waals surface area contributed by atoms with Crippen molar-refractivity contribution in [1.29, 1.82) is 10.5 Å². The van der Waals surface area contributed by atoms with E-state index in [0.29, 0.717) is 0 Å². The molecule has 84 valence electrons. The maximum atomic E-state index is 13.3. The van der Waals surface area contributed by atoms with Crippen molar-refractivity contribution in [2.45, 2.75) is 33.6 Å². The number of hydrogen-bond donors (Lipinski definition) is 0. The zero-order valence-electron chi connectivity index (χ0n) is 10.0. The fourth-order valence-electron chi connectivity index (χ4n) is 1.14. The van der Waals surface area contributed by atoms with Gasteiger partial charge in [0.1, 0.15) is 12.1 Å². The topological polar surface area (TPSA) is 47.6 Å². The highest BCUT2D eigenvalue weighted by atomic mass is 19.1. The Balaban J connectivity index is 0.00000106. The van der Waals surface area contributed by atoms with Gasteiger partial charge in [-0.3, -0.25) is 0 Å². The summed E-state index contributed by atoms with van der Waals surface area (Å²) in [5.41, 5.74) is 0.681. The maximum absolute atomic E-state index is 13.3. The molecule has 3 heteroatoms. The van der Waals surface area contributed by atoms with Crippen molar-refractivity contribution < 1.29 is 4.39 Å². The molecule has 0 aliphatic rings. The summed E-state index contributed by atoms with van der Waals surface area (Å²) in [4.78, 5) is 0. The van der Waals surface area contributed by atoms with Crippen LogP contribution >= 0.6 is 0 Å². The van der Waals surface area contributed by atoms with E-state index in [1.165, 1.54) is 12.1 Å². The van der Waals surface area contributed by atoms with E-state index in [0.717, 1.165) is 5.56 Å². The number of nitrogens with zero attached hydrogens (tertiary/aromatic N) is 2. The average Bonchev–Trinajstić information content (AvgIpc) is 2.31. The molecule has 0 amide bonds. The molecule has 0 saturated carbocycles. The second kappa shape index (κ2) is 6.58. The van der Waals surface area contributed by atoms with Gasteiger partial charge in [-0.15, -0.1) is 0 Å². The van der Waals surface area contributed by atoms with Crippen LogP contribution in [0.3, 0.4) is 0 Å². The van der Waals surface area contributed by atoms with Crippen LogP contribution in [0.2, 0.25) is 0 Å². The quantitative estimate of drug-likeness (QED) is 0.721. The van der Waals surface area contributed by atoms with E-state index in [2.05, 4.69) is 0 Å². The van der Waals surface area contributed by atoms with Crippen molar-refractivity contribution >= 4 is 0 Å². The normalized spacial score (nSPS) is 8.75. The predicted octanol–water partition coefficient (Wildman–Crippen LogP) is 3.72. The lowest BCUT2D eigenvalue weighted by Crippen LogP contribution is -1.95. The zero-order chi connectivity index (χ0) is 12.7. The van der Waals surface area contributed by atoms with Gasteiger partial charge in [0.2, 0.25) is 0 Å². The van der Waals surface area contributed by atoms with Crippen molar-refractivity contribution in [3.05, 3.63) is 34.6 Å². The van der Waals surface area contributed by atoms with Crippen LogP contribution in [0.15, 0.2) is 12.1 Å². The van der Waals surface area contributed by atoms with Gasteiger partial charge in [0.15, 0.2) is 5.82 Å². The lowest BCUT2D eigenvalue weighted by Gasteiger charge is -2.06. The van der Waals surface area contributed by atoms with Gasteiger partial charge in [0, 0.05) is 0 Å². The first-order chi connectivity index (χ1) is 7.60. The Labute approximate surface area is 95.9 Å². The van der Waals surface area contributed by atoms with Gasteiger partial charge >= 0.3 is 0 Å². The van der Waals surface area contributed by atoms with Gasteiger partial charge in [-0.05, 0) is 23.6 Å². The maximum Gasteiger partial charge on any atom is 0.158 e. The highest BCUT2D eigenvalue weighted by molar-refractivity contribution is 5.45. The van der Waals surface area contributed by atoms with E-state index < -0.39 is 5.82 Å². The lowest BCUT2D eigenvalue weighted by atomic mass is 9.98. The smallest absolute Gasteiger partial charge is 0.158 e. The fraction of sp³-hybridized carbons (Fsp3) is 0.385. The highest BCUT2D eigenvalue weighted by Gasteiger charge is 2.11. The third-order valence-corrected chi connectivity index (χ3v) is 2.00. The molecule has 0 spiro atoms. The molecule has 0 aromatic heterocycles. The molecule has 0 heterocycles. The molecule has 1 aromatic rings. The summed E-state index contributed by atoms with van der Waals surface area (Å²) in [6.07, 6.45) is 0. The van der Waals surface area contributed by atoms with E-state index in [4.69, 9.17) is 10.5 Å². The van der Waals surface area contributed by atoms with Crippen LogP contribution in [0.25, 0.3) is 0 Å². The van der Waals surface area contributed by atoms with Crippen LogP contribution in [0.4, 0.5) is 4.39 Å². The molecule has 1 aromatic carbocycles.